The van der Waals surface area contributed by atoms with Crippen molar-refractivity contribution in [2.24, 2.45) is 0 Å². The predicted molar refractivity (Wildman–Crippen MR) is 56.0 cm³/mol. The molecule has 0 amide bonds. The highest BCUT2D eigenvalue weighted by Gasteiger charge is 2.26. The molecule has 1 aliphatic heterocycles. The van der Waals surface area contributed by atoms with E-state index in [-0.39, 0.29) is 28.6 Å². The highest BCUT2D eigenvalue weighted by molar-refractivity contribution is 9.10. The number of nitro groups is 1. The van der Waals surface area contributed by atoms with Gasteiger partial charge in [-0.2, -0.15) is 0 Å². The number of epoxide rings is 1. The van der Waals surface area contributed by atoms with E-state index in [2.05, 4.69) is 15.9 Å². The smallest absolute Gasteiger partial charge is 0.312 e. The number of nitrogens with zero attached hydrogens (tertiary/aromatic N) is 1. The van der Waals surface area contributed by atoms with Crippen molar-refractivity contribution in [3.63, 3.8) is 0 Å². The van der Waals surface area contributed by atoms with Crippen molar-refractivity contribution in [1.29, 1.82) is 0 Å². The largest absolute Gasteiger partial charge is 0.484 e. The third-order valence-corrected chi connectivity index (χ3v) is 2.63. The van der Waals surface area contributed by atoms with Crippen LogP contribution in [-0.4, -0.2) is 24.2 Å². The summed E-state index contributed by atoms with van der Waals surface area (Å²) in [6.45, 7) is 0.773. The number of rotatable bonds is 4. The fourth-order valence-electron chi connectivity index (χ4n) is 1.12. The molecule has 1 heterocycles. The molecule has 1 aromatic carbocycles. The molecule has 1 unspecified atom stereocenters. The maximum atomic E-state index is 13.2. The van der Waals surface area contributed by atoms with Crippen molar-refractivity contribution in [2.45, 2.75) is 6.10 Å². The van der Waals surface area contributed by atoms with Gasteiger partial charge in [-0.15, -0.1) is 0 Å². The van der Waals surface area contributed by atoms with Gasteiger partial charge < -0.3 is 9.47 Å². The van der Waals surface area contributed by atoms with Crippen LogP contribution >= 0.6 is 15.9 Å². The molecule has 0 radical (unpaired) electrons. The molecule has 0 N–H and O–H groups in total. The second-order valence-corrected chi connectivity index (χ2v) is 4.11. The first-order valence-electron chi connectivity index (χ1n) is 4.46. The zero-order valence-corrected chi connectivity index (χ0v) is 9.57. The van der Waals surface area contributed by atoms with Crippen LogP contribution in [-0.2, 0) is 4.74 Å². The average molecular weight is 292 g/mol. The Labute approximate surface area is 98.4 Å². The highest BCUT2D eigenvalue weighted by atomic mass is 79.9. The molecule has 0 spiro atoms. The van der Waals surface area contributed by atoms with Crippen molar-refractivity contribution in [1.82, 2.24) is 0 Å². The lowest BCUT2D eigenvalue weighted by atomic mass is 10.3. The van der Waals surface area contributed by atoms with Gasteiger partial charge in [0.2, 0.25) is 0 Å². The maximum Gasteiger partial charge on any atom is 0.312 e. The first kappa shape index (κ1) is 11.3. The second kappa shape index (κ2) is 4.34. The van der Waals surface area contributed by atoms with Gasteiger partial charge in [-0.3, -0.25) is 10.1 Å². The number of halogens is 2. The summed E-state index contributed by atoms with van der Waals surface area (Å²) < 4.78 is 23.2. The summed E-state index contributed by atoms with van der Waals surface area (Å²) >= 11 is 2.88. The zero-order valence-electron chi connectivity index (χ0n) is 7.98. The fourth-order valence-corrected chi connectivity index (χ4v) is 1.45. The Balaban J connectivity index is 2.24. The Bertz CT molecular complexity index is 436. The first-order chi connectivity index (χ1) is 7.58. The lowest BCUT2D eigenvalue weighted by molar-refractivity contribution is -0.386. The van der Waals surface area contributed by atoms with Gasteiger partial charge in [0.15, 0.2) is 5.75 Å². The monoisotopic (exact) mass is 291 g/mol. The van der Waals surface area contributed by atoms with Crippen LogP contribution in [0.1, 0.15) is 0 Å². The van der Waals surface area contributed by atoms with Crippen LogP contribution in [0.5, 0.6) is 5.75 Å². The van der Waals surface area contributed by atoms with Crippen LogP contribution in [0.25, 0.3) is 0 Å². The van der Waals surface area contributed by atoms with Crippen LogP contribution in [0.4, 0.5) is 10.1 Å². The first-order valence-corrected chi connectivity index (χ1v) is 5.25. The van der Waals surface area contributed by atoms with Gasteiger partial charge in [-0.1, -0.05) is 0 Å². The third-order valence-electron chi connectivity index (χ3n) is 2.03. The predicted octanol–water partition coefficient (Wildman–Crippen LogP) is 2.27. The van der Waals surface area contributed by atoms with E-state index in [0.29, 0.717) is 6.61 Å². The van der Waals surface area contributed by atoms with E-state index in [1.165, 1.54) is 0 Å². The van der Waals surface area contributed by atoms with Crippen molar-refractivity contribution in [3.8, 4) is 5.75 Å². The van der Waals surface area contributed by atoms with Gasteiger partial charge in [0.1, 0.15) is 18.5 Å². The van der Waals surface area contributed by atoms with Crippen molar-refractivity contribution in [2.75, 3.05) is 13.2 Å². The third kappa shape index (κ3) is 2.48. The summed E-state index contributed by atoms with van der Waals surface area (Å²) in [5, 5.41) is 10.7. The van der Waals surface area contributed by atoms with E-state index in [0.717, 1.165) is 12.1 Å². The van der Waals surface area contributed by atoms with E-state index in [1.807, 2.05) is 0 Å². The lowest BCUT2D eigenvalue weighted by Gasteiger charge is -2.05. The quantitative estimate of drug-likeness (QED) is 0.485. The highest BCUT2D eigenvalue weighted by Crippen LogP contribution is 2.32. The molecule has 0 bridgehead atoms. The van der Waals surface area contributed by atoms with Gasteiger partial charge in [0, 0.05) is 12.1 Å². The Morgan fingerprint density at radius 3 is 2.94 bits per heavy atom. The Morgan fingerprint density at radius 2 is 2.38 bits per heavy atom. The van der Waals surface area contributed by atoms with Crippen LogP contribution < -0.4 is 4.74 Å². The van der Waals surface area contributed by atoms with Gasteiger partial charge >= 0.3 is 5.69 Å². The lowest BCUT2D eigenvalue weighted by Crippen LogP contribution is -2.06. The summed E-state index contributed by atoms with van der Waals surface area (Å²) in [6, 6.07) is 2.07. The molecular weight excluding hydrogens is 285 g/mol. The summed E-state index contributed by atoms with van der Waals surface area (Å²) in [5.41, 5.74) is -0.270. The van der Waals surface area contributed by atoms with E-state index >= 15 is 0 Å². The summed E-state index contributed by atoms with van der Waals surface area (Å²) in [6.07, 6.45) is -0.0358. The molecule has 86 valence electrons. The summed E-state index contributed by atoms with van der Waals surface area (Å²) in [7, 11) is 0. The van der Waals surface area contributed by atoms with Crippen LogP contribution in [0.3, 0.4) is 0 Å². The number of hydrogen-bond donors (Lipinski definition) is 0. The van der Waals surface area contributed by atoms with Crippen LogP contribution in [0.15, 0.2) is 16.6 Å². The molecule has 0 aromatic heterocycles. The molecule has 1 saturated heterocycles. The SMILES string of the molecule is O=[N+]([O-])c1cc(Br)c(F)cc1OCC1CO1. The van der Waals surface area contributed by atoms with E-state index < -0.39 is 10.7 Å². The maximum absolute atomic E-state index is 13.2. The average Bonchev–Trinajstić information content (AvgIpc) is 3.02. The number of ether oxygens (including phenoxy) is 2. The molecule has 1 aromatic rings. The molecule has 0 saturated carbocycles. The molecule has 2 rings (SSSR count). The number of hydrogen-bond acceptors (Lipinski definition) is 4. The van der Waals surface area contributed by atoms with Gasteiger partial charge in [0.05, 0.1) is 16.0 Å². The Hall–Kier alpha value is -1.21. The normalized spacial score (nSPS) is 18.2. The molecule has 0 aliphatic carbocycles. The number of nitro benzene ring substituents is 1. The minimum absolute atomic E-state index is 0.0358. The zero-order chi connectivity index (χ0) is 11.7. The number of benzene rings is 1. The van der Waals surface area contributed by atoms with Crippen LogP contribution in [0.2, 0.25) is 0 Å². The van der Waals surface area contributed by atoms with E-state index in [9.17, 15) is 14.5 Å². The van der Waals surface area contributed by atoms with Crippen molar-refractivity contribution >= 4 is 21.6 Å². The standard InChI is InChI=1S/C9H7BrFNO4/c10-6-1-8(12(13)14)9(2-7(6)11)16-4-5-3-15-5/h1-2,5H,3-4H2. The minimum Gasteiger partial charge on any atom is -0.484 e. The molecule has 16 heavy (non-hydrogen) atoms. The van der Waals surface area contributed by atoms with Gasteiger partial charge in [-0.25, -0.2) is 4.39 Å². The fraction of sp³-hybridized carbons (Fsp3) is 0.333. The molecule has 1 fully saturated rings. The molecule has 1 atom stereocenters. The molecule has 5 nitrogen and oxygen atoms in total. The van der Waals surface area contributed by atoms with Gasteiger partial charge in [0.25, 0.3) is 0 Å². The summed E-state index contributed by atoms with van der Waals surface area (Å²) in [5.74, 6) is -0.682. The summed E-state index contributed by atoms with van der Waals surface area (Å²) in [4.78, 5) is 10.1. The Kier molecular flexibility index (Phi) is 3.06. The van der Waals surface area contributed by atoms with Crippen LogP contribution in [0, 0.1) is 15.9 Å². The van der Waals surface area contributed by atoms with Crippen molar-refractivity contribution < 1.29 is 18.8 Å². The minimum atomic E-state index is -0.618. The Morgan fingerprint density at radius 1 is 1.69 bits per heavy atom. The van der Waals surface area contributed by atoms with Gasteiger partial charge in [-0.05, 0) is 15.9 Å². The van der Waals surface area contributed by atoms with E-state index in [1.54, 1.807) is 0 Å². The van der Waals surface area contributed by atoms with E-state index in [4.69, 9.17) is 9.47 Å². The van der Waals surface area contributed by atoms with Crippen molar-refractivity contribution in [3.05, 3.63) is 32.5 Å². The molecule has 7 heteroatoms. The second-order valence-electron chi connectivity index (χ2n) is 3.26. The molecule has 1 aliphatic rings. The topological polar surface area (TPSA) is 64.9 Å². The molecular formula is C9H7BrFNO4.